The molecule has 47 heteroatoms. The Morgan fingerprint density at radius 1 is 0.381 bits per heavy atom. The number of hydrogen-bond acceptors (Lipinski definition) is 34. The maximum Gasteiger partial charge on any atom is 0.337 e. The molecule has 0 aromatic heterocycles. The van der Waals surface area contributed by atoms with Crippen LogP contribution in [0.4, 0.5) is 14.4 Å². The van der Waals surface area contributed by atoms with Crippen LogP contribution in [-0.2, 0) is 62.3 Å². The van der Waals surface area contributed by atoms with Gasteiger partial charge in [-0.05, 0) is 43.7 Å². The summed E-state index contributed by atoms with van der Waals surface area (Å²) < 4.78 is 0. The average molecular weight is 1390 g/mol. The lowest BCUT2D eigenvalue weighted by Crippen LogP contribution is -2.49. The number of nitrogens with two attached hydrogens (primary N) is 16. The molecule has 1 aliphatic rings. The topological polar surface area (TPSA) is 862 Å². The van der Waals surface area contributed by atoms with Gasteiger partial charge in [0.05, 0.1) is 39.3 Å². The molecule has 2 rings (SSSR count). The molecule has 47 nitrogen and oxygen atoms in total. The lowest BCUT2D eigenvalue weighted by Gasteiger charge is -2.24. The molecule has 1 heterocycles. The number of rotatable bonds is 32. The Balaban J connectivity index is -0.000000250. The quantitative estimate of drug-likeness (QED) is 0.00606. The zero-order chi connectivity index (χ0) is 76.0. The summed E-state index contributed by atoms with van der Waals surface area (Å²) in [5, 5.41) is 1.73. The standard InChI is InChI=1S/C14H24N4O4.C9H11N3O2.C7H15N3O2.2C5H12N4O2.C5H11N3O2.C3H7N3O2.C2H7N5O2/c1-9(2)12-13(21)18(6-4-11(20)8-16)14(22)17(12)5-3-10(19)7-15;10-5-8(13)6-1-3-7(4-2-6)9(14)12-11;8-5-6(11)3-1-2-4-7(12)10-9;2*6-8-4(10)2-1-3-5(11)9-7;6-3-4(9)1-2-5(10)8-7;4-1-2(7)3(8)6-5;3-6-1(8)5-2(9)7-4/h9,12H,3-8,15-16H2,1-2H3;1-4H,5,10-11H2,(H,12,14);1-5,8-9H2,(H,10,12);2*1-3,6-7H2,(H,8,10)(H,9,11);1-3,6-7H2,(H,8,10);1,4-5H2,(H,6,8);3-4H2,(H3,5,6,7,8,9). The Labute approximate surface area is 556 Å². The van der Waals surface area contributed by atoms with Crippen LogP contribution in [0.15, 0.2) is 24.3 Å². The van der Waals surface area contributed by atoms with E-state index in [4.69, 9.17) is 75.3 Å². The van der Waals surface area contributed by atoms with Crippen molar-refractivity contribution in [2.75, 3.05) is 52.4 Å². The van der Waals surface area contributed by atoms with Crippen molar-refractivity contribution in [3.63, 3.8) is 0 Å². The van der Waals surface area contributed by atoms with Crippen molar-refractivity contribution in [3.05, 3.63) is 35.4 Å². The van der Waals surface area contributed by atoms with Gasteiger partial charge in [0.2, 0.25) is 41.2 Å². The molecule has 1 aromatic carbocycles. The summed E-state index contributed by atoms with van der Waals surface area (Å²) in [6, 6.07) is 3.41. The van der Waals surface area contributed by atoms with E-state index in [0.717, 1.165) is 4.90 Å². The lowest BCUT2D eigenvalue weighted by atomic mass is 10.0. The Morgan fingerprint density at radius 3 is 1.04 bits per heavy atom. The van der Waals surface area contributed by atoms with Crippen molar-refractivity contribution in [2.24, 2.45) is 98.7 Å². The summed E-state index contributed by atoms with van der Waals surface area (Å²) in [6.45, 7) is 3.38. The molecule has 1 unspecified atom stereocenters. The molecule has 0 saturated carbocycles. The molecule has 1 aromatic rings. The second-order valence-electron chi connectivity index (χ2n) is 18.8. The Kier molecular flexibility index (Phi) is 64.2. The highest BCUT2D eigenvalue weighted by atomic mass is 16.2. The number of carbonyl (C=O) groups is 18. The van der Waals surface area contributed by atoms with E-state index in [1.165, 1.54) is 17.0 Å². The Morgan fingerprint density at radius 2 is 0.722 bits per heavy atom. The van der Waals surface area contributed by atoms with Crippen LogP contribution >= 0.6 is 0 Å². The Bertz CT molecular complexity index is 2480. The van der Waals surface area contributed by atoms with E-state index >= 15 is 0 Å². The van der Waals surface area contributed by atoms with Crippen LogP contribution < -0.4 is 152 Å². The summed E-state index contributed by atoms with van der Waals surface area (Å²) >= 11 is 0. The molecule has 43 N–H and O–H groups in total. The van der Waals surface area contributed by atoms with Crippen LogP contribution in [0, 0.1) is 5.92 Å². The summed E-state index contributed by atoms with van der Waals surface area (Å²) in [5.41, 5.74) is 50.1. The molecule has 1 fully saturated rings. The minimum atomic E-state index is -0.854. The molecular weight excluding hydrogens is 1290 g/mol. The average Bonchev–Trinajstić information content (AvgIpc) is 1.64. The minimum Gasteiger partial charge on any atom is -0.324 e. The van der Waals surface area contributed by atoms with Crippen LogP contribution in [0.5, 0.6) is 0 Å². The van der Waals surface area contributed by atoms with Gasteiger partial charge in [0, 0.05) is 88.4 Å². The molecule has 1 aliphatic heterocycles. The number of Topliss-reactive ketones (excluding diaryl/α,β-unsaturated/α-hetero) is 6. The lowest BCUT2D eigenvalue weighted by molar-refractivity contribution is -0.137. The molecule has 0 spiro atoms. The number of nitrogens with zero attached hydrogens (tertiary/aromatic N) is 2. The number of urea groups is 3. The normalized spacial score (nSPS) is 11.1. The highest BCUT2D eigenvalue weighted by Crippen LogP contribution is 2.24. The van der Waals surface area contributed by atoms with E-state index in [0.29, 0.717) is 49.7 Å². The molecule has 15 amide bonds. The van der Waals surface area contributed by atoms with Gasteiger partial charge in [0.15, 0.2) is 5.78 Å². The zero-order valence-corrected chi connectivity index (χ0v) is 54.0. The van der Waals surface area contributed by atoms with Gasteiger partial charge in [-0.25, -0.2) is 72.8 Å². The second-order valence-corrected chi connectivity index (χ2v) is 18.8. The number of carbonyl (C=O) groups excluding carboxylic acids is 18. The van der Waals surface area contributed by atoms with Crippen molar-refractivity contribution >= 4 is 106 Å². The van der Waals surface area contributed by atoms with E-state index in [1.807, 2.05) is 51.8 Å². The minimum absolute atomic E-state index is 0.0160. The number of hydrogen-bond donors (Lipinski definition) is 27. The third-order valence-corrected chi connectivity index (χ3v) is 11.3. The van der Waals surface area contributed by atoms with Crippen molar-refractivity contribution in [1.29, 1.82) is 0 Å². The predicted molar refractivity (Wildman–Crippen MR) is 344 cm³/mol. The van der Waals surface area contributed by atoms with Gasteiger partial charge in [0.25, 0.3) is 11.8 Å². The summed E-state index contributed by atoms with van der Waals surface area (Å²) in [4.78, 5) is 197. The molecule has 1 saturated heterocycles. The summed E-state index contributed by atoms with van der Waals surface area (Å²) in [6.07, 6.45) is 4.51. The fourth-order valence-electron chi connectivity index (χ4n) is 6.11. The Hall–Kier alpha value is -9.96. The maximum atomic E-state index is 12.4. The number of hydrazine groups is 10. The van der Waals surface area contributed by atoms with E-state index in [1.54, 1.807) is 33.7 Å². The molecule has 0 aliphatic carbocycles. The molecule has 552 valence electrons. The van der Waals surface area contributed by atoms with Gasteiger partial charge < -0.3 is 39.3 Å². The van der Waals surface area contributed by atoms with Crippen molar-refractivity contribution < 1.29 is 86.3 Å². The van der Waals surface area contributed by atoms with Crippen molar-refractivity contribution in [2.45, 2.75) is 110 Å². The van der Waals surface area contributed by atoms with E-state index in [-0.39, 0.29) is 180 Å². The number of nitrogen functional groups attached to an aromatic ring is 1. The SMILES string of the molecule is CC(C)C1C(=O)N(CCC(=O)CN)C(=O)N1CCC(=O)CN.NCC(=O)C(=O)NN.NCC(=O)CCC(=O)NN.NCC(=O)CCCCC(=O)NN.NCC(=O)c1ccc(C(=O)NN)cc1.NNC(=O)CCCC(=O)NN.NNC(=O)CCCC(=O)NN.NNC(=O)NC(=O)NN. The van der Waals surface area contributed by atoms with Crippen LogP contribution in [0.1, 0.15) is 124 Å². The van der Waals surface area contributed by atoms with Gasteiger partial charge in [-0.15, -0.1) is 0 Å². The van der Waals surface area contributed by atoms with E-state index < -0.39 is 41.7 Å². The molecule has 1 atom stereocenters. The number of unbranched alkanes of at least 4 members (excludes halogenated alkanes) is 1. The van der Waals surface area contributed by atoms with E-state index in [9.17, 15) is 86.3 Å². The largest absolute Gasteiger partial charge is 0.337 e. The van der Waals surface area contributed by atoms with Gasteiger partial charge in [-0.1, -0.05) is 26.0 Å². The first-order valence-corrected chi connectivity index (χ1v) is 28.6. The highest BCUT2D eigenvalue weighted by Gasteiger charge is 2.46. The number of benzene rings is 1. The molecule has 97 heavy (non-hydrogen) atoms. The third kappa shape index (κ3) is 54.0. The van der Waals surface area contributed by atoms with Crippen LogP contribution in [-0.4, -0.2) is 174 Å². The predicted octanol–water partition coefficient (Wildman–Crippen LogP) is -12.6. The van der Waals surface area contributed by atoms with Crippen molar-refractivity contribution in [1.82, 2.24) is 69.4 Å². The molecule has 0 radical (unpaired) electrons. The number of ketones is 6. The van der Waals surface area contributed by atoms with Gasteiger partial charge >= 0.3 is 24.0 Å². The number of amides is 15. The third-order valence-electron chi connectivity index (χ3n) is 11.3. The number of nitrogens with one attached hydrogen (secondary N) is 11. The van der Waals surface area contributed by atoms with Gasteiger partial charge in [-0.3, -0.25) is 136 Å². The maximum absolute atomic E-state index is 12.4. The molecular formula is C50H99N29O18. The smallest absolute Gasteiger partial charge is 0.324 e. The zero-order valence-electron chi connectivity index (χ0n) is 54.0. The fourth-order valence-corrected chi connectivity index (χ4v) is 6.11. The fraction of sp³-hybridized carbons (Fsp3) is 0.520. The van der Waals surface area contributed by atoms with Crippen LogP contribution in [0.2, 0.25) is 0 Å². The second kappa shape index (κ2) is 63.4. The van der Waals surface area contributed by atoms with Crippen molar-refractivity contribution in [3.8, 4) is 0 Å². The summed E-state index contributed by atoms with van der Waals surface area (Å²) in [7, 11) is 0. The highest BCUT2D eigenvalue weighted by molar-refractivity contribution is 6.36. The first-order chi connectivity index (χ1) is 45.7. The van der Waals surface area contributed by atoms with E-state index in [2.05, 4.69) is 17.5 Å². The number of imide groups is 2. The van der Waals surface area contributed by atoms with Gasteiger partial charge in [-0.2, -0.15) is 0 Å². The first kappa shape index (κ1) is 98.1. The van der Waals surface area contributed by atoms with Crippen LogP contribution in [0.25, 0.3) is 0 Å². The monoisotopic (exact) mass is 1390 g/mol. The first-order valence-electron chi connectivity index (χ1n) is 28.6. The molecule has 0 bridgehead atoms. The summed E-state index contributed by atoms with van der Waals surface area (Å²) in [5.74, 6) is 42.8. The van der Waals surface area contributed by atoms with Gasteiger partial charge in [0.1, 0.15) is 29.2 Å². The van der Waals surface area contributed by atoms with Crippen LogP contribution in [0.3, 0.4) is 0 Å².